The molecule has 3 N–H and O–H groups in total. The van der Waals surface area contributed by atoms with Crippen molar-refractivity contribution in [2.75, 3.05) is 6.54 Å². The van der Waals surface area contributed by atoms with E-state index in [0.29, 0.717) is 25.3 Å². The third-order valence-electron chi connectivity index (χ3n) is 3.43. The number of hydrogen-bond acceptors (Lipinski definition) is 5. The predicted molar refractivity (Wildman–Crippen MR) is 101 cm³/mol. The van der Waals surface area contributed by atoms with Crippen molar-refractivity contribution in [3.63, 3.8) is 0 Å². The van der Waals surface area contributed by atoms with E-state index < -0.39 is 0 Å². The number of imidazole rings is 1. The smallest absolute Gasteiger partial charge is 0.270 e. The number of aromatic nitrogens is 3. The number of thiazole rings is 1. The Morgan fingerprint density at radius 3 is 2.75 bits per heavy atom. The van der Waals surface area contributed by atoms with E-state index in [-0.39, 0.29) is 30.7 Å². The number of aryl methyl sites for hydroxylation is 1. The molecule has 0 aliphatic rings. The van der Waals surface area contributed by atoms with E-state index in [1.165, 1.54) is 11.3 Å². The average molecular weight is 388 g/mol. The Bertz CT molecular complexity index is 817. The maximum absolute atomic E-state index is 12.0. The van der Waals surface area contributed by atoms with Crippen LogP contribution in [0, 0.1) is 6.92 Å². The quantitative estimate of drug-likeness (QED) is 0.703. The molecule has 0 aliphatic carbocycles. The lowest BCUT2D eigenvalue weighted by molar-refractivity contribution is 0.0948. The van der Waals surface area contributed by atoms with Crippen LogP contribution in [-0.4, -0.2) is 27.0 Å². The highest BCUT2D eigenvalue weighted by Crippen LogP contribution is 2.15. The topological polar surface area (TPSA) is 85.8 Å². The van der Waals surface area contributed by atoms with Crippen LogP contribution in [-0.2, 0) is 13.1 Å². The first-order valence-corrected chi connectivity index (χ1v) is 7.91. The second kappa shape index (κ2) is 8.98. The van der Waals surface area contributed by atoms with Crippen molar-refractivity contribution in [1.29, 1.82) is 0 Å². The summed E-state index contributed by atoms with van der Waals surface area (Å²) in [5.74, 6) is 0.771. The van der Waals surface area contributed by atoms with Gasteiger partial charge in [-0.3, -0.25) is 4.79 Å². The predicted octanol–water partition coefficient (Wildman–Crippen LogP) is 2.53. The Labute approximate surface area is 156 Å². The van der Waals surface area contributed by atoms with Gasteiger partial charge < -0.3 is 15.6 Å². The average Bonchev–Trinajstić information content (AvgIpc) is 3.12. The minimum Gasteiger partial charge on any atom is -0.349 e. The van der Waals surface area contributed by atoms with Gasteiger partial charge in [0.05, 0.1) is 11.0 Å². The van der Waals surface area contributed by atoms with Crippen molar-refractivity contribution in [3.8, 4) is 0 Å². The molecule has 1 aromatic carbocycles. The largest absolute Gasteiger partial charge is 0.349 e. The van der Waals surface area contributed by atoms with Crippen molar-refractivity contribution in [1.82, 2.24) is 19.9 Å². The molecule has 0 fully saturated rings. The lowest BCUT2D eigenvalue weighted by atomic mass is 10.3. The van der Waals surface area contributed by atoms with Crippen LogP contribution in [0.15, 0.2) is 29.6 Å². The lowest BCUT2D eigenvalue weighted by Gasteiger charge is -2.07. The summed E-state index contributed by atoms with van der Waals surface area (Å²) in [5, 5.41) is 5.38. The normalized spacial score (nSPS) is 10.1. The number of nitrogens with two attached hydrogens (primary N) is 1. The number of amides is 1. The molecule has 0 radical (unpaired) electrons. The van der Waals surface area contributed by atoms with Crippen molar-refractivity contribution in [2.45, 2.75) is 20.0 Å². The Kier molecular flexibility index (Phi) is 7.62. The molecular weight excluding hydrogens is 369 g/mol. The Morgan fingerprint density at radius 2 is 2.04 bits per heavy atom. The van der Waals surface area contributed by atoms with Gasteiger partial charge in [0.25, 0.3) is 5.91 Å². The van der Waals surface area contributed by atoms with Crippen LogP contribution in [0.25, 0.3) is 11.0 Å². The first-order valence-electron chi connectivity index (χ1n) is 7.03. The van der Waals surface area contributed by atoms with Crippen LogP contribution in [0.3, 0.4) is 0 Å². The summed E-state index contributed by atoms with van der Waals surface area (Å²) in [6.45, 7) is 3.52. The molecule has 6 nitrogen and oxygen atoms in total. The zero-order valence-electron chi connectivity index (χ0n) is 13.1. The molecule has 0 bridgehead atoms. The number of rotatable bonds is 5. The highest BCUT2D eigenvalue weighted by molar-refractivity contribution is 7.09. The molecule has 1 amide bonds. The fourth-order valence-electron chi connectivity index (χ4n) is 2.36. The number of hydrogen-bond donors (Lipinski definition) is 2. The number of para-hydroxylation sites is 2. The second-order valence-electron chi connectivity index (χ2n) is 4.89. The van der Waals surface area contributed by atoms with Gasteiger partial charge in [0.2, 0.25) is 0 Å². The molecule has 0 unspecified atom stereocenters. The maximum atomic E-state index is 12.0. The van der Waals surface area contributed by atoms with E-state index in [0.717, 1.165) is 21.9 Å². The van der Waals surface area contributed by atoms with Crippen LogP contribution in [0.1, 0.15) is 21.3 Å². The molecule has 3 aromatic rings. The molecule has 24 heavy (non-hydrogen) atoms. The van der Waals surface area contributed by atoms with E-state index in [2.05, 4.69) is 19.9 Å². The zero-order valence-corrected chi connectivity index (χ0v) is 15.5. The number of halogens is 2. The third kappa shape index (κ3) is 4.24. The SMILES string of the molecule is Cc1nc2ccccc2n1CCNC(=O)c1csc(CN)n1.Cl.Cl. The van der Waals surface area contributed by atoms with E-state index in [1.54, 1.807) is 5.38 Å². The fourth-order valence-corrected chi connectivity index (χ4v) is 3.01. The van der Waals surface area contributed by atoms with Crippen LogP contribution in [0.2, 0.25) is 0 Å². The van der Waals surface area contributed by atoms with Crippen LogP contribution in [0.4, 0.5) is 0 Å². The number of carbonyl (C=O) groups is 1. The number of carbonyl (C=O) groups excluding carboxylic acids is 1. The van der Waals surface area contributed by atoms with Gasteiger partial charge in [0.1, 0.15) is 16.5 Å². The van der Waals surface area contributed by atoms with E-state index in [9.17, 15) is 4.79 Å². The van der Waals surface area contributed by atoms with E-state index in [1.807, 2.05) is 31.2 Å². The molecule has 0 atom stereocenters. The summed E-state index contributed by atoms with van der Waals surface area (Å²) in [5.41, 5.74) is 7.98. The lowest BCUT2D eigenvalue weighted by Crippen LogP contribution is -2.27. The molecule has 0 saturated carbocycles. The minimum absolute atomic E-state index is 0. The molecule has 130 valence electrons. The molecule has 2 heterocycles. The molecule has 3 rings (SSSR count). The summed E-state index contributed by atoms with van der Waals surface area (Å²) >= 11 is 1.40. The molecule has 2 aromatic heterocycles. The van der Waals surface area contributed by atoms with E-state index in [4.69, 9.17) is 5.73 Å². The summed E-state index contributed by atoms with van der Waals surface area (Å²) in [7, 11) is 0. The first-order chi connectivity index (χ1) is 10.7. The highest BCUT2D eigenvalue weighted by atomic mass is 35.5. The monoisotopic (exact) mass is 387 g/mol. The van der Waals surface area contributed by atoms with Gasteiger partial charge in [-0.25, -0.2) is 9.97 Å². The van der Waals surface area contributed by atoms with Gasteiger partial charge in [0.15, 0.2) is 0 Å². The Hall–Kier alpha value is -1.67. The van der Waals surface area contributed by atoms with Crippen LogP contribution in [0.5, 0.6) is 0 Å². The summed E-state index contributed by atoms with van der Waals surface area (Å²) in [6.07, 6.45) is 0. The second-order valence-corrected chi connectivity index (χ2v) is 5.83. The summed E-state index contributed by atoms with van der Waals surface area (Å²) < 4.78 is 2.10. The molecule has 0 aliphatic heterocycles. The van der Waals surface area contributed by atoms with Gasteiger partial charge in [0, 0.05) is 25.0 Å². The standard InChI is InChI=1S/C15H17N5OS.2ClH/c1-10-18-11-4-2-3-5-13(11)20(10)7-6-17-15(21)12-9-22-14(8-16)19-12;;/h2-5,9H,6-8,16H2,1H3,(H,17,21);2*1H. The highest BCUT2D eigenvalue weighted by Gasteiger charge is 2.11. The van der Waals surface area contributed by atoms with Crippen molar-refractivity contribution < 1.29 is 4.79 Å². The number of nitrogens with one attached hydrogen (secondary N) is 1. The van der Waals surface area contributed by atoms with Gasteiger partial charge in [-0.05, 0) is 19.1 Å². The van der Waals surface area contributed by atoms with Crippen molar-refractivity contribution in [3.05, 3.63) is 46.2 Å². The Morgan fingerprint density at radius 1 is 1.29 bits per heavy atom. The number of benzene rings is 1. The number of fused-ring (bicyclic) bond motifs is 1. The number of nitrogens with zero attached hydrogens (tertiary/aromatic N) is 3. The fraction of sp³-hybridized carbons (Fsp3) is 0.267. The van der Waals surface area contributed by atoms with Gasteiger partial charge >= 0.3 is 0 Å². The zero-order chi connectivity index (χ0) is 15.5. The summed E-state index contributed by atoms with van der Waals surface area (Å²) in [6, 6.07) is 7.98. The molecular formula is C15H19Cl2N5OS. The molecule has 9 heteroatoms. The van der Waals surface area contributed by atoms with Crippen LogP contribution < -0.4 is 11.1 Å². The summed E-state index contributed by atoms with van der Waals surface area (Å²) in [4.78, 5) is 20.7. The van der Waals surface area contributed by atoms with Crippen molar-refractivity contribution >= 4 is 53.1 Å². The van der Waals surface area contributed by atoms with Gasteiger partial charge in [-0.1, -0.05) is 12.1 Å². The molecule has 0 saturated heterocycles. The minimum atomic E-state index is -0.168. The maximum Gasteiger partial charge on any atom is 0.270 e. The van der Waals surface area contributed by atoms with Crippen molar-refractivity contribution in [2.24, 2.45) is 5.73 Å². The Balaban J connectivity index is 0.00000144. The van der Waals surface area contributed by atoms with Gasteiger partial charge in [-0.15, -0.1) is 36.2 Å². The first kappa shape index (κ1) is 20.4. The van der Waals surface area contributed by atoms with E-state index >= 15 is 0 Å². The van der Waals surface area contributed by atoms with Crippen LogP contribution >= 0.6 is 36.2 Å². The third-order valence-corrected chi connectivity index (χ3v) is 4.30. The molecule has 0 spiro atoms. The van der Waals surface area contributed by atoms with Gasteiger partial charge in [-0.2, -0.15) is 0 Å².